The number of hydrogen-bond acceptors (Lipinski definition) is 8. The summed E-state index contributed by atoms with van der Waals surface area (Å²) in [6, 6.07) is 11.4. The summed E-state index contributed by atoms with van der Waals surface area (Å²) in [4.78, 5) is 12.3. The molecular weight excluding hydrogens is 446 g/mol. The Morgan fingerprint density at radius 2 is 1.84 bits per heavy atom. The number of anilines is 1. The molecular formula is C20H18ClN3O6S. The molecule has 0 atom stereocenters. The van der Waals surface area contributed by atoms with Crippen LogP contribution in [0.1, 0.15) is 24.3 Å². The third kappa shape index (κ3) is 5.33. The van der Waals surface area contributed by atoms with Crippen molar-refractivity contribution in [1.82, 2.24) is 10.2 Å². The maximum absolute atomic E-state index is 12.3. The molecule has 0 fully saturated rings. The van der Waals surface area contributed by atoms with Crippen molar-refractivity contribution in [3.05, 3.63) is 58.9 Å². The average molecular weight is 464 g/mol. The van der Waals surface area contributed by atoms with E-state index in [1.807, 2.05) is 12.1 Å². The number of rotatable bonds is 8. The molecule has 31 heavy (non-hydrogen) atoms. The van der Waals surface area contributed by atoms with E-state index >= 15 is 0 Å². The molecule has 162 valence electrons. The average Bonchev–Trinajstić information content (AvgIpc) is 3.37. The smallest absolute Gasteiger partial charge is 0.322 e. The van der Waals surface area contributed by atoms with Crippen LogP contribution < -0.4 is 14.8 Å². The second-order valence-corrected chi connectivity index (χ2v) is 9.34. The molecule has 0 unspecified atom stereocenters. The van der Waals surface area contributed by atoms with E-state index < -0.39 is 15.7 Å². The lowest BCUT2D eigenvalue weighted by Crippen LogP contribution is -2.14. The zero-order chi connectivity index (χ0) is 21.8. The number of sulfone groups is 1. The Labute approximate surface area is 183 Å². The molecule has 1 aliphatic heterocycles. The molecule has 11 heteroatoms. The van der Waals surface area contributed by atoms with E-state index in [1.165, 1.54) is 24.3 Å². The molecule has 4 rings (SSSR count). The van der Waals surface area contributed by atoms with Crippen LogP contribution in [0.25, 0.3) is 0 Å². The minimum absolute atomic E-state index is 0.00725. The summed E-state index contributed by atoms with van der Waals surface area (Å²) >= 11 is 5.78. The van der Waals surface area contributed by atoms with Crippen molar-refractivity contribution in [3.8, 4) is 11.5 Å². The highest BCUT2D eigenvalue weighted by Gasteiger charge is 2.17. The van der Waals surface area contributed by atoms with E-state index in [2.05, 4.69) is 15.5 Å². The summed E-state index contributed by atoms with van der Waals surface area (Å²) in [5.41, 5.74) is 0.887. The summed E-state index contributed by atoms with van der Waals surface area (Å²) in [6.45, 7) is 0.191. The lowest BCUT2D eigenvalue weighted by atomic mass is 10.1. The van der Waals surface area contributed by atoms with Gasteiger partial charge in [-0.25, -0.2) is 8.42 Å². The number of hydrogen-bond donors (Lipinski definition) is 1. The second-order valence-electron chi connectivity index (χ2n) is 6.79. The third-order valence-corrected chi connectivity index (χ3v) is 6.56. The van der Waals surface area contributed by atoms with Gasteiger partial charge in [-0.15, -0.1) is 5.10 Å². The number of aromatic nitrogens is 2. The van der Waals surface area contributed by atoms with E-state index in [-0.39, 0.29) is 36.3 Å². The zero-order valence-electron chi connectivity index (χ0n) is 16.2. The minimum atomic E-state index is -3.49. The van der Waals surface area contributed by atoms with Crippen molar-refractivity contribution in [2.45, 2.75) is 24.2 Å². The van der Waals surface area contributed by atoms with Gasteiger partial charge in [0.1, 0.15) is 0 Å². The van der Waals surface area contributed by atoms with Gasteiger partial charge in [0.05, 0.1) is 17.1 Å². The summed E-state index contributed by atoms with van der Waals surface area (Å²) < 4.78 is 40.7. The number of fused-ring (bicyclic) bond motifs is 1. The van der Waals surface area contributed by atoms with E-state index in [4.69, 9.17) is 25.5 Å². The standard InChI is InChI=1S/C20H18ClN3O6S/c21-14-4-6-15(7-5-14)31(26,27)9-1-2-18(25)22-20-24-23-19(30-20)11-13-3-8-16-17(10-13)29-12-28-16/h3-8,10H,1-2,9,11-12H2,(H,22,24,25). The van der Waals surface area contributed by atoms with Crippen molar-refractivity contribution < 1.29 is 27.1 Å². The predicted molar refractivity (Wildman–Crippen MR) is 111 cm³/mol. The van der Waals surface area contributed by atoms with Gasteiger partial charge < -0.3 is 13.9 Å². The van der Waals surface area contributed by atoms with E-state index in [9.17, 15) is 13.2 Å². The Morgan fingerprint density at radius 3 is 2.65 bits per heavy atom. The Hall–Kier alpha value is -3.11. The van der Waals surface area contributed by atoms with Crippen LogP contribution in [-0.4, -0.2) is 37.1 Å². The van der Waals surface area contributed by atoms with Crippen LogP contribution in [0.3, 0.4) is 0 Å². The molecule has 0 saturated heterocycles. The number of ether oxygens (including phenoxy) is 2. The zero-order valence-corrected chi connectivity index (χ0v) is 17.8. The first-order valence-corrected chi connectivity index (χ1v) is 11.4. The molecule has 0 spiro atoms. The van der Waals surface area contributed by atoms with Crippen molar-refractivity contribution >= 4 is 33.4 Å². The Kier molecular flexibility index (Phi) is 6.10. The molecule has 1 aromatic heterocycles. The first-order valence-electron chi connectivity index (χ1n) is 9.38. The number of carbonyl (C=O) groups excluding carboxylic acids is 1. The monoisotopic (exact) mass is 463 g/mol. The van der Waals surface area contributed by atoms with Crippen LogP contribution in [0.2, 0.25) is 5.02 Å². The largest absolute Gasteiger partial charge is 0.454 e. The lowest BCUT2D eigenvalue weighted by Gasteiger charge is -2.04. The highest BCUT2D eigenvalue weighted by Crippen LogP contribution is 2.33. The van der Waals surface area contributed by atoms with E-state index in [0.717, 1.165) is 5.56 Å². The van der Waals surface area contributed by atoms with Gasteiger partial charge in [-0.2, -0.15) is 0 Å². The first-order chi connectivity index (χ1) is 14.9. The van der Waals surface area contributed by atoms with Crippen LogP contribution in [0.4, 0.5) is 6.01 Å². The minimum Gasteiger partial charge on any atom is -0.454 e. The van der Waals surface area contributed by atoms with Gasteiger partial charge in [0.25, 0.3) is 0 Å². The molecule has 1 amide bonds. The molecule has 1 aliphatic rings. The quantitative estimate of drug-likeness (QED) is 0.540. The molecule has 0 aliphatic carbocycles. The fourth-order valence-electron chi connectivity index (χ4n) is 2.97. The lowest BCUT2D eigenvalue weighted by molar-refractivity contribution is -0.116. The number of carbonyl (C=O) groups is 1. The van der Waals surface area contributed by atoms with Gasteiger partial charge in [0.15, 0.2) is 21.3 Å². The van der Waals surface area contributed by atoms with Gasteiger partial charge in [-0.05, 0) is 48.4 Å². The van der Waals surface area contributed by atoms with Crippen LogP contribution in [0.5, 0.6) is 11.5 Å². The van der Waals surface area contributed by atoms with Crippen molar-refractivity contribution in [3.63, 3.8) is 0 Å². The van der Waals surface area contributed by atoms with E-state index in [1.54, 1.807) is 6.07 Å². The Balaban J connectivity index is 1.26. The number of nitrogens with zero attached hydrogens (tertiary/aromatic N) is 2. The van der Waals surface area contributed by atoms with Gasteiger partial charge in [0, 0.05) is 11.4 Å². The summed E-state index contributed by atoms with van der Waals surface area (Å²) in [5, 5.41) is 10.7. The van der Waals surface area contributed by atoms with Gasteiger partial charge in [-0.3, -0.25) is 10.1 Å². The van der Waals surface area contributed by atoms with Crippen LogP contribution in [0, 0.1) is 0 Å². The molecule has 0 bridgehead atoms. The highest BCUT2D eigenvalue weighted by atomic mass is 35.5. The molecule has 2 aromatic carbocycles. The normalized spacial score (nSPS) is 12.7. The maximum atomic E-state index is 12.3. The second kappa shape index (κ2) is 8.94. The van der Waals surface area contributed by atoms with Gasteiger partial charge >= 0.3 is 6.01 Å². The first kappa shape index (κ1) is 21.1. The number of halogens is 1. The molecule has 1 N–H and O–H groups in total. The molecule has 2 heterocycles. The van der Waals surface area contributed by atoms with Crippen molar-refractivity contribution in [1.29, 1.82) is 0 Å². The number of nitrogens with one attached hydrogen (secondary N) is 1. The Morgan fingerprint density at radius 1 is 1.06 bits per heavy atom. The number of benzene rings is 2. The molecule has 3 aromatic rings. The van der Waals surface area contributed by atoms with Crippen molar-refractivity contribution in [2.24, 2.45) is 0 Å². The van der Waals surface area contributed by atoms with Crippen LogP contribution in [0.15, 0.2) is 51.8 Å². The predicted octanol–water partition coefficient (Wildman–Crippen LogP) is 3.24. The third-order valence-electron chi connectivity index (χ3n) is 4.50. The van der Waals surface area contributed by atoms with Crippen LogP contribution >= 0.6 is 11.6 Å². The molecule has 0 radical (unpaired) electrons. The summed E-state index contributed by atoms with van der Waals surface area (Å²) in [5.74, 6) is 1.07. The Bertz CT molecular complexity index is 1190. The SMILES string of the molecule is O=C(CCCS(=O)(=O)c1ccc(Cl)cc1)Nc1nnc(Cc2ccc3c(c2)OCO3)o1. The van der Waals surface area contributed by atoms with Gasteiger partial charge in [0.2, 0.25) is 18.6 Å². The summed E-state index contributed by atoms with van der Waals surface area (Å²) in [7, 11) is -3.49. The summed E-state index contributed by atoms with van der Waals surface area (Å²) in [6.07, 6.45) is 0.501. The molecule has 9 nitrogen and oxygen atoms in total. The fraction of sp³-hybridized carbons (Fsp3) is 0.250. The fourth-order valence-corrected chi connectivity index (χ4v) is 4.40. The van der Waals surface area contributed by atoms with E-state index in [0.29, 0.717) is 28.8 Å². The molecule has 0 saturated carbocycles. The van der Waals surface area contributed by atoms with Crippen molar-refractivity contribution in [2.75, 3.05) is 17.9 Å². The topological polar surface area (TPSA) is 121 Å². The number of amides is 1. The van der Waals surface area contributed by atoms with Crippen LogP contribution in [-0.2, 0) is 21.1 Å². The highest BCUT2D eigenvalue weighted by molar-refractivity contribution is 7.91. The van der Waals surface area contributed by atoms with Gasteiger partial charge in [-0.1, -0.05) is 22.8 Å². The maximum Gasteiger partial charge on any atom is 0.322 e.